The number of Topliss-reactive ketones (excluding diaryl/α,β-unsaturated/α-hetero) is 1. The number of hydrogen-bond donors (Lipinski definition) is 1. The number of rotatable bonds is 7. The highest BCUT2D eigenvalue weighted by molar-refractivity contribution is 5.99. The topological polar surface area (TPSA) is 119 Å². The molecule has 0 spiro atoms. The summed E-state index contributed by atoms with van der Waals surface area (Å²) in [6.45, 7) is 7.96. The molecule has 1 saturated carbocycles. The van der Waals surface area contributed by atoms with Gasteiger partial charge in [0, 0.05) is 26.1 Å². The average Bonchev–Trinajstić information content (AvgIpc) is 3.65. The van der Waals surface area contributed by atoms with Gasteiger partial charge in [0.15, 0.2) is 18.4 Å². The Morgan fingerprint density at radius 1 is 0.896 bits per heavy atom. The lowest BCUT2D eigenvalue weighted by Crippen LogP contribution is -2.59. The van der Waals surface area contributed by atoms with E-state index in [2.05, 4.69) is 32.1 Å². The second-order valence-corrected chi connectivity index (χ2v) is 15.2. The van der Waals surface area contributed by atoms with E-state index in [1.54, 1.807) is 14.2 Å². The monoisotopic (exact) mass is 674 g/mol. The molecule has 0 aromatic carbocycles. The standard InChI is InChI=1S/C38H58O10/c1-7-24-11-9-12-31(48-33-13-8-10-20(2)44-33)21(3)34(40)30-18-28-26(29(30)19-32(39)46-24)15-14-23-16-25(17-27(23)28)47-38-37(43-6)36(42-5)35(41)22(4)45-38/h14-15,18,20-29,31,33,35-38,41H,7-13,16-17,19H2,1-6H3/t20-,21-,22+,23-,24+,25-,26-,27-,28-,29+,31+,33+,35+,36-,37-,38+/m1/s1. The highest BCUT2D eigenvalue weighted by atomic mass is 16.7. The maximum Gasteiger partial charge on any atom is 0.306 e. The van der Waals surface area contributed by atoms with Gasteiger partial charge in [-0.05, 0) is 101 Å². The SMILES string of the molecule is CC[C@H]1CCC[C@H](O[C@H]2CCC[C@@H](C)O2)[C@@H](C)C(=O)C2=C[C@@H]3[C@@H](C=C[C@@H]4C[C@@H](O[C@@H]5O[C@@H](C)[C@H](O)[C@@H](OC)[C@H]5OC)C[C@@H]34)[C@@H]2CC(=O)O1. The molecule has 0 bridgehead atoms. The number of cyclic esters (lactones) is 1. The number of esters is 1. The van der Waals surface area contributed by atoms with Crippen molar-refractivity contribution in [3.63, 3.8) is 0 Å². The zero-order valence-corrected chi connectivity index (χ0v) is 29.7. The van der Waals surface area contributed by atoms with Crippen LogP contribution in [0.2, 0.25) is 0 Å². The molecule has 3 aliphatic carbocycles. The van der Waals surface area contributed by atoms with Crippen LogP contribution in [0, 0.1) is 35.5 Å². The first-order valence-corrected chi connectivity index (χ1v) is 18.6. The van der Waals surface area contributed by atoms with Crippen LogP contribution in [0.1, 0.15) is 91.9 Å². The Bertz CT molecular complexity index is 1190. The molecule has 0 unspecified atom stereocenters. The fourth-order valence-electron chi connectivity index (χ4n) is 9.44. The molecule has 6 aliphatic rings. The zero-order valence-electron chi connectivity index (χ0n) is 29.7. The van der Waals surface area contributed by atoms with Gasteiger partial charge in [-0.1, -0.05) is 32.1 Å². The minimum atomic E-state index is -0.818. The number of aliphatic hydroxyl groups is 1. The Morgan fingerprint density at radius 2 is 1.67 bits per heavy atom. The smallest absolute Gasteiger partial charge is 0.306 e. The fourth-order valence-corrected chi connectivity index (χ4v) is 9.44. The highest BCUT2D eigenvalue weighted by Crippen LogP contribution is 2.54. The predicted octanol–water partition coefficient (Wildman–Crippen LogP) is 5.29. The van der Waals surface area contributed by atoms with E-state index in [1.807, 2.05) is 13.8 Å². The number of carbonyl (C=O) groups is 2. The van der Waals surface area contributed by atoms with Gasteiger partial charge in [0.25, 0.3) is 0 Å². The number of methoxy groups -OCH3 is 2. The second kappa shape index (κ2) is 15.7. The van der Waals surface area contributed by atoms with Crippen LogP contribution < -0.4 is 0 Å². The molecule has 48 heavy (non-hydrogen) atoms. The summed E-state index contributed by atoms with van der Waals surface area (Å²) in [5.74, 6) is -0.0225. The average molecular weight is 675 g/mol. The molecule has 16 atom stereocenters. The van der Waals surface area contributed by atoms with Crippen molar-refractivity contribution in [3.8, 4) is 0 Å². The van der Waals surface area contributed by atoms with E-state index in [9.17, 15) is 14.7 Å². The normalized spacial score (nSPS) is 46.9. The van der Waals surface area contributed by atoms with E-state index in [-0.39, 0.29) is 84.4 Å². The summed E-state index contributed by atoms with van der Waals surface area (Å²) >= 11 is 0. The van der Waals surface area contributed by atoms with Crippen molar-refractivity contribution in [2.45, 2.75) is 153 Å². The molecule has 0 aromatic heterocycles. The summed E-state index contributed by atoms with van der Waals surface area (Å²) in [5.41, 5.74) is 0.755. The summed E-state index contributed by atoms with van der Waals surface area (Å²) in [6, 6.07) is 0. The van der Waals surface area contributed by atoms with Crippen molar-refractivity contribution in [1.29, 1.82) is 0 Å². The summed E-state index contributed by atoms with van der Waals surface area (Å²) in [5, 5.41) is 10.6. The van der Waals surface area contributed by atoms with Crippen LogP contribution in [0.3, 0.4) is 0 Å². The van der Waals surface area contributed by atoms with Crippen LogP contribution in [0.5, 0.6) is 0 Å². The number of ketones is 1. The Kier molecular flexibility index (Phi) is 11.8. The molecule has 270 valence electrons. The van der Waals surface area contributed by atoms with Crippen LogP contribution in [0.4, 0.5) is 0 Å². The van der Waals surface area contributed by atoms with Crippen molar-refractivity contribution < 1.29 is 47.9 Å². The number of allylic oxidation sites excluding steroid dienone is 4. The van der Waals surface area contributed by atoms with Crippen LogP contribution in [-0.2, 0) is 42.7 Å². The minimum absolute atomic E-state index is 0.0410. The number of fused-ring (bicyclic) bond motifs is 5. The predicted molar refractivity (Wildman–Crippen MR) is 177 cm³/mol. The second-order valence-electron chi connectivity index (χ2n) is 15.2. The van der Waals surface area contributed by atoms with E-state index >= 15 is 0 Å². The van der Waals surface area contributed by atoms with Gasteiger partial charge in [-0.3, -0.25) is 9.59 Å². The molecule has 6 rings (SSSR count). The van der Waals surface area contributed by atoms with Crippen LogP contribution >= 0.6 is 0 Å². The molecule has 4 fully saturated rings. The van der Waals surface area contributed by atoms with Gasteiger partial charge in [0.1, 0.15) is 24.4 Å². The quantitative estimate of drug-likeness (QED) is 0.282. The molecular weight excluding hydrogens is 616 g/mol. The Hall–Kier alpha value is -1.66. The summed E-state index contributed by atoms with van der Waals surface area (Å²) < 4.78 is 42.7. The third-order valence-corrected chi connectivity index (χ3v) is 12.2. The fraction of sp³-hybridized carbons (Fsp3) is 0.842. The van der Waals surface area contributed by atoms with E-state index in [4.69, 9.17) is 33.2 Å². The molecule has 0 aromatic rings. The summed E-state index contributed by atoms with van der Waals surface area (Å²) in [4.78, 5) is 27.9. The first-order chi connectivity index (χ1) is 23.1. The first-order valence-electron chi connectivity index (χ1n) is 18.6. The van der Waals surface area contributed by atoms with Gasteiger partial charge in [-0.2, -0.15) is 0 Å². The van der Waals surface area contributed by atoms with Crippen molar-refractivity contribution in [3.05, 3.63) is 23.8 Å². The highest BCUT2D eigenvalue weighted by Gasteiger charge is 2.52. The van der Waals surface area contributed by atoms with Crippen molar-refractivity contribution in [1.82, 2.24) is 0 Å². The number of hydrogen-bond acceptors (Lipinski definition) is 10. The molecule has 3 saturated heterocycles. The van der Waals surface area contributed by atoms with Crippen molar-refractivity contribution in [2.75, 3.05) is 14.2 Å². The van der Waals surface area contributed by atoms with Gasteiger partial charge in [0.05, 0.1) is 30.8 Å². The van der Waals surface area contributed by atoms with Gasteiger partial charge in [-0.15, -0.1) is 0 Å². The number of ether oxygens (including phenoxy) is 7. The van der Waals surface area contributed by atoms with Crippen LogP contribution in [-0.4, -0.2) is 92.5 Å². The molecule has 0 radical (unpaired) electrons. The summed E-state index contributed by atoms with van der Waals surface area (Å²) in [6.07, 6.45) is 10.8. The Morgan fingerprint density at radius 3 is 2.40 bits per heavy atom. The third kappa shape index (κ3) is 7.51. The first kappa shape index (κ1) is 36.1. The van der Waals surface area contributed by atoms with Gasteiger partial charge >= 0.3 is 5.97 Å². The molecule has 0 amide bonds. The molecular formula is C38H58O10. The maximum absolute atomic E-state index is 14.5. The molecule has 3 heterocycles. The minimum Gasteiger partial charge on any atom is -0.462 e. The Labute approximate surface area is 286 Å². The lowest BCUT2D eigenvalue weighted by atomic mass is 9.70. The summed E-state index contributed by atoms with van der Waals surface area (Å²) in [7, 11) is 3.14. The lowest BCUT2D eigenvalue weighted by molar-refractivity contribution is -0.311. The zero-order chi connectivity index (χ0) is 34.1. The third-order valence-electron chi connectivity index (χ3n) is 12.2. The Balaban J connectivity index is 1.22. The van der Waals surface area contributed by atoms with Gasteiger partial charge < -0.3 is 38.3 Å². The number of aliphatic hydroxyl groups excluding tert-OH is 1. The largest absolute Gasteiger partial charge is 0.462 e. The van der Waals surface area contributed by atoms with E-state index in [0.717, 1.165) is 63.4 Å². The van der Waals surface area contributed by atoms with E-state index < -0.39 is 30.7 Å². The van der Waals surface area contributed by atoms with Crippen molar-refractivity contribution in [2.24, 2.45) is 35.5 Å². The van der Waals surface area contributed by atoms with Crippen LogP contribution in [0.15, 0.2) is 23.8 Å². The molecule has 10 heteroatoms. The molecule has 3 aliphatic heterocycles. The van der Waals surface area contributed by atoms with Gasteiger partial charge in [0.2, 0.25) is 0 Å². The molecule has 10 nitrogen and oxygen atoms in total. The van der Waals surface area contributed by atoms with E-state index in [1.165, 1.54) is 0 Å². The van der Waals surface area contributed by atoms with Gasteiger partial charge in [-0.25, -0.2) is 0 Å². The van der Waals surface area contributed by atoms with E-state index in [0.29, 0.717) is 0 Å². The maximum atomic E-state index is 14.5. The number of carbonyl (C=O) groups excluding carboxylic acids is 2. The van der Waals surface area contributed by atoms with Crippen molar-refractivity contribution >= 4 is 11.8 Å². The lowest BCUT2D eigenvalue weighted by Gasteiger charge is -2.43. The molecule has 1 N–H and O–H groups in total. The van der Waals surface area contributed by atoms with Crippen LogP contribution in [0.25, 0.3) is 0 Å².